The molecule has 0 spiro atoms. The molecule has 1 aromatic rings. The van der Waals surface area contributed by atoms with Crippen molar-refractivity contribution in [1.29, 1.82) is 0 Å². The third kappa shape index (κ3) is 2.49. The van der Waals surface area contributed by atoms with Gasteiger partial charge in [0.1, 0.15) is 5.76 Å². The molecule has 2 bridgehead atoms. The summed E-state index contributed by atoms with van der Waals surface area (Å²) in [5.74, 6) is 3.38. The van der Waals surface area contributed by atoms with Crippen molar-refractivity contribution in [2.45, 2.75) is 50.5 Å². The van der Waals surface area contributed by atoms with Gasteiger partial charge in [-0.05, 0) is 43.9 Å². The number of nitrogens with zero attached hydrogens (tertiary/aromatic N) is 3. The van der Waals surface area contributed by atoms with E-state index in [0.717, 1.165) is 49.8 Å². The van der Waals surface area contributed by atoms with E-state index in [-0.39, 0.29) is 5.91 Å². The van der Waals surface area contributed by atoms with Gasteiger partial charge in [0, 0.05) is 44.2 Å². The fraction of sp³-hybridized carbons (Fsp3) is 0.778. The van der Waals surface area contributed by atoms with Gasteiger partial charge in [-0.3, -0.25) is 9.69 Å². The molecule has 5 nitrogen and oxygen atoms in total. The first-order valence-electron chi connectivity index (χ1n) is 9.28. The van der Waals surface area contributed by atoms with E-state index in [1.165, 1.54) is 38.5 Å². The van der Waals surface area contributed by atoms with E-state index in [1.54, 1.807) is 0 Å². The zero-order valence-electron chi connectivity index (χ0n) is 13.6. The van der Waals surface area contributed by atoms with E-state index in [4.69, 9.17) is 4.52 Å². The third-order valence-electron chi connectivity index (χ3n) is 6.50. The fourth-order valence-corrected chi connectivity index (χ4v) is 5.03. The number of amides is 1. The molecule has 2 heterocycles. The van der Waals surface area contributed by atoms with E-state index in [9.17, 15) is 4.79 Å². The molecule has 1 amide bonds. The number of piperazine rings is 1. The van der Waals surface area contributed by atoms with E-state index in [1.807, 2.05) is 11.0 Å². The maximum Gasteiger partial charge on any atom is 0.276 e. The predicted molar refractivity (Wildman–Crippen MR) is 85.2 cm³/mol. The van der Waals surface area contributed by atoms with Gasteiger partial charge in [0.2, 0.25) is 0 Å². The first-order chi connectivity index (χ1) is 11.3. The second kappa shape index (κ2) is 5.33. The van der Waals surface area contributed by atoms with Crippen LogP contribution in [0.15, 0.2) is 10.6 Å². The molecule has 1 saturated heterocycles. The zero-order valence-corrected chi connectivity index (χ0v) is 13.6. The maximum absolute atomic E-state index is 12.6. The van der Waals surface area contributed by atoms with Gasteiger partial charge in [0.25, 0.3) is 5.91 Å². The van der Waals surface area contributed by atoms with Gasteiger partial charge in [-0.1, -0.05) is 11.6 Å². The van der Waals surface area contributed by atoms with Crippen molar-refractivity contribution in [3.05, 3.63) is 17.5 Å². The Hall–Kier alpha value is -1.36. The summed E-state index contributed by atoms with van der Waals surface area (Å²) in [6.07, 6.45) is 8.07. The molecule has 3 aliphatic carbocycles. The van der Waals surface area contributed by atoms with Crippen LogP contribution >= 0.6 is 0 Å². The number of carbonyl (C=O) groups is 1. The lowest BCUT2D eigenvalue weighted by molar-refractivity contribution is 0.0488. The molecule has 1 aromatic heterocycles. The number of rotatable bonds is 3. The number of hydrogen-bond donors (Lipinski definition) is 0. The average molecular weight is 315 g/mol. The highest BCUT2D eigenvalue weighted by atomic mass is 16.5. The summed E-state index contributed by atoms with van der Waals surface area (Å²) in [6.45, 7) is 3.70. The lowest BCUT2D eigenvalue weighted by atomic mass is 9.93. The summed E-state index contributed by atoms with van der Waals surface area (Å²) in [6, 6.07) is 2.65. The summed E-state index contributed by atoms with van der Waals surface area (Å²) in [7, 11) is 0. The molecule has 3 atom stereocenters. The van der Waals surface area contributed by atoms with Crippen LogP contribution in [0, 0.1) is 11.8 Å². The van der Waals surface area contributed by atoms with Gasteiger partial charge in [-0.15, -0.1) is 0 Å². The Bertz CT molecular complexity index is 601. The molecule has 4 fully saturated rings. The first-order valence-corrected chi connectivity index (χ1v) is 9.28. The van der Waals surface area contributed by atoms with Crippen LogP contribution in [0.1, 0.15) is 60.7 Å². The standard InChI is InChI=1S/C18H25N3O2/c22-18(15-11-17(23-19-15)13-3-4-13)21-7-5-20(6-8-21)16-10-12-1-2-14(16)9-12/h11-14,16H,1-10H2. The van der Waals surface area contributed by atoms with Crippen molar-refractivity contribution in [2.24, 2.45) is 11.8 Å². The second-order valence-corrected chi connectivity index (χ2v) is 7.96. The minimum absolute atomic E-state index is 0.0493. The van der Waals surface area contributed by atoms with Crippen LogP contribution in [-0.2, 0) is 0 Å². The minimum atomic E-state index is 0.0493. The van der Waals surface area contributed by atoms with Crippen LogP contribution in [0.3, 0.4) is 0 Å². The second-order valence-electron chi connectivity index (χ2n) is 7.96. The molecule has 23 heavy (non-hydrogen) atoms. The van der Waals surface area contributed by atoms with Gasteiger partial charge >= 0.3 is 0 Å². The number of fused-ring (bicyclic) bond motifs is 2. The Morgan fingerprint density at radius 2 is 1.91 bits per heavy atom. The summed E-state index contributed by atoms with van der Waals surface area (Å²) in [4.78, 5) is 17.2. The summed E-state index contributed by atoms with van der Waals surface area (Å²) >= 11 is 0. The maximum atomic E-state index is 12.6. The monoisotopic (exact) mass is 315 g/mol. The Kier molecular flexibility index (Phi) is 3.25. The molecule has 3 saturated carbocycles. The van der Waals surface area contributed by atoms with E-state index < -0.39 is 0 Å². The molecule has 0 N–H and O–H groups in total. The molecular formula is C18H25N3O2. The summed E-state index contributed by atoms with van der Waals surface area (Å²) in [5, 5.41) is 4.00. The highest BCUT2D eigenvalue weighted by Crippen LogP contribution is 2.46. The van der Waals surface area contributed by atoms with Crippen LogP contribution in [0.5, 0.6) is 0 Å². The number of hydrogen-bond acceptors (Lipinski definition) is 4. The van der Waals surface area contributed by atoms with E-state index in [2.05, 4.69) is 10.1 Å². The number of carbonyl (C=O) groups excluding carboxylic acids is 1. The molecule has 0 radical (unpaired) electrons. The SMILES string of the molecule is O=C(c1cc(C2CC2)on1)N1CCN(C2CC3CCC2C3)CC1. The normalized spacial score (nSPS) is 34.3. The van der Waals surface area contributed by atoms with Crippen molar-refractivity contribution in [3.8, 4) is 0 Å². The lowest BCUT2D eigenvalue weighted by Gasteiger charge is -2.40. The average Bonchev–Trinajstić information content (AvgIpc) is 3.03. The van der Waals surface area contributed by atoms with Gasteiger partial charge in [0.05, 0.1) is 0 Å². The Labute approximate surface area is 137 Å². The van der Waals surface area contributed by atoms with Crippen molar-refractivity contribution in [3.63, 3.8) is 0 Å². The van der Waals surface area contributed by atoms with E-state index >= 15 is 0 Å². The zero-order chi connectivity index (χ0) is 15.4. The molecular weight excluding hydrogens is 290 g/mol. The van der Waals surface area contributed by atoms with Gasteiger partial charge in [-0.2, -0.15) is 0 Å². The Morgan fingerprint density at radius 1 is 1.09 bits per heavy atom. The third-order valence-corrected chi connectivity index (χ3v) is 6.50. The first kappa shape index (κ1) is 14.0. The minimum Gasteiger partial charge on any atom is -0.360 e. The molecule has 0 aromatic carbocycles. The van der Waals surface area contributed by atoms with Gasteiger partial charge in [0.15, 0.2) is 5.69 Å². The molecule has 4 aliphatic rings. The smallest absolute Gasteiger partial charge is 0.276 e. The molecule has 5 rings (SSSR count). The fourth-order valence-electron chi connectivity index (χ4n) is 5.03. The largest absolute Gasteiger partial charge is 0.360 e. The quantitative estimate of drug-likeness (QED) is 0.860. The predicted octanol–water partition coefficient (Wildman–Crippen LogP) is 2.50. The van der Waals surface area contributed by atoms with Gasteiger partial charge < -0.3 is 9.42 Å². The highest BCUT2D eigenvalue weighted by molar-refractivity contribution is 5.92. The van der Waals surface area contributed by atoms with E-state index in [0.29, 0.717) is 11.6 Å². The Balaban J connectivity index is 1.19. The Morgan fingerprint density at radius 3 is 2.57 bits per heavy atom. The summed E-state index contributed by atoms with van der Waals surface area (Å²) < 4.78 is 5.33. The van der Waals surface area contributed by atoms with Gasteiger partial charge in [-0.25, -0.2) is 0 Å². The molecule has 1 aliphatic heterocycles. The molecule has 3 unspecified atom stereocenters. The van der Waals surface area contributed by atoms with Crippen LogP contribution in [0.2, 0.25) is 0 Å². The van der Waals surface area contributed by atoms with Crippen LogP contribution in [-0.4, -0.2) is 53.1 Å². The van der Waals surface area contributed by atoms with Crippen LogP contribution < -0.4 is 0 Å². The summed E-state index contributed by atoms with van der Waals surface area (Å²) in [5.41, 5.74) is 0.500. The molecule has 124 valence electrons. The lowest BCUT2D eigenvalue weighted by Crippen LogP contribution is -2.53. The topological polar surface area (TPSA) is 49.6 Å². The van der Waals surface area contributed by atoms with Crippen molar-refractivity contribution in [1.82, 2.24) is 15.0 Å². The van der Waals surface area contributed by atoms with Crippen LogP contribution in [0.25, 0.3) is 0 Å². The number of aromatic nitrogens is 1. The van der Waals surface area contributed by atoms with Crippen molar-refractivity contribution >= 4 is 5.91 Å². The highest BCUT2D eigenvalue weighted by Gasteiger charge is 2.43. The molecule has 5 heteroatoms. The van der Waals surface area contributed by atoms with Crippen molar-refractivity contribution in [2.75, 3.05) is 26.2 Å². The van der Waals surface area contributed by atoms with Crippen molar-refractivity contribution < 1.29 is 9.32 Å². The van der Waals surface area contributed by atoms with Crippen LogP contribution in [0.4, 0.5) is 0 Å².